The molecule has 0 saturated carbocycles. The molecule has 0 spiro atoms. The summed E-state index contributed by atoms with van der Waals surface area (Å²) in [5.41, 5.74) is -0.0897. The van der Waals surface area contributed by atoms with Gasteiger partial charge in [0, 0.05) is 5.56 Å². The Morgan fingerprint density at radius 2 is 1.93 bits per heavy atom. The molecule has 6 nitrogen and oxygen atoms in total. The summed E-state index contributed by atoms with van der Waals surface area (Å²) in [6.07, 6.45) is -4.44. The van der Waals surface area contributed by atoms with Crippen LogP contribution in [0.15, 0.2) is 48.5 Å². The Kier molecular flexibility index (Phi) is 5.20. The van der Waals surface area contributed by atoms with Crippen molar-refractivity contribution in [3.05, 3.63) is 59.7 Å². The van der Waals surface area contributed by atoms with Crippen LogP contribution < -0.4 is 4.74 Å². The summed E-state index contributed by atoms with van der Waals surface area (Å²) in [5, 5.41) is 11.7. The molecule has 3 rings (SSSR count). The third-order valence-electron chi connectivity index (χ3n) is 3.72. The summed E-state index contributed by atoms with van der Waals surface area (Å²) < 4.78 is 44.0. The van der Waals surface area contributed by atoms with E-state index in [-0.39, 0.29) is 30.3 Å². The predicted octanol–water partition coefficient (Wildman–Crippen LogP) is 3.64. The lowest BCUT2D eigenvalue weighted by Gasteiger charge is -2.08. The van der Waals surface area contributed by atoms with E-state index in [1.807, 2.05) is 0 Å². The SMILES string of the molecule is CC(=O)c1ccccc1OCCn1nnc(-c2cccc(C(F)(F)F)c2)n1. The fraction of sp³-hybridized carbons (Fsp3) is 0.222. The first-order valence-electron chi connectivity index (χ1n) is 8.03. The summed E-state index contributed by atoms with van der Waals surface area (Å²) >= 11 is 0. The lowest BCUT2D eigenvalue weighted by atomic mass is 10.1. The molecule has 1 aromatic heterocycles. The van der Waals surface area contributed by atoms with Gasteiger partial charge in [-0.3, -0.25) is 4.79 Å². The third kappa shape index (κ3) is 4.49. The van der Waals surface area contributed by atoms with E-state index in [4.69, 9.17) is 4.74 Å². The summed E-state index contributed by atoms with van der Waals surface area (Å²) in [7, 11) is 0. The van der Waals surface area contributed by atoms with Crippen molar-refractivity contribution >= 4 is 5.78 Å². The topological polar surface area (TPSA) is 69.9 Å². The number of rotatable bonds is 6. The average molecular weight is 376 g/mol. The average Bonchev–Trinajstić information content (AvgIpc) is 3.10. The van der Waals surface area contributed by atoms with E-state index in [0.717, 1.165) is 12.1 Å². The highest BCUT2D eigenvalue weighted by atomic mass is 19.4. The van der Waals surface area contributed by atoms with Crippen LogP contribution in [0.2, 0.25) is 0 Å². The van der Waals surface area contributed by atoms with Crippen molar-refractivity contribution in [3.63, 3.8) is 0 Å². The van der Waals surface area contributed by atoms with E-state index in [1.165, 1.54) is 23.9 Å². The smallest absolute Gasteiger partial charge is 0.416 e. The second kappa shape index (κ2) is 7.56. The number of ketones is 1. The Hall–Kier alpha value is -3.23. The number of halogens is 3. The molecule has 0 amide bonds. The zero-order chi connectivity index (χ0) is 19.4. The standard InChI is InChI=1S/C18H15F3N4O2/c1-12(26)15-7-2-3-8-16(15)27-10-9-25-23-17(22-24-25)13-5-4-6-14(11-13)18(19,20)21/h2-8,11H,9-10H2,1H3. The van der Waals surface area contributed by atoms with Gasteiger partial charge in [-0.15, -0.1) is 10.2 Å². The summed E-state index contributed by atoms with van der Waals surface area (Å²) in [4.78, 5) is 12.8. The van der Waals surface area contributed by atoms with Gasteiger partial charge in [0.25, 0.3) is 0 Å². The van der Waals surface area contributed by atoms with Crippen LogP contribution in [0.4, 0.5) is 13.2 Å². The molecule has 0 aliphatic heterocycles. The van der Waals surface area contributed by atoms with Gasteiger partial charge in [0.1, 0.15) is 12.4 Å². The highest BCUT2D eigenvalue weighted by Gasteiger charge is 2.30. The van der Waals surface area contributed by atoms with Crippen LogP contribution in [-0.2, 0) is 12.7 Å². The van der Waals surface area contributed by atoms with E-state index in [0.29, 0.717) is 11.3 Å². The maximum Gasteiger partial charge on any atom is 0.416 e. The van der Waals surface area contributed by atoms with E-state index >= 15 is 0 Å². The van der Waals surface area contributed by atoms with Gasteiger partial charge in [-0.05, 0) is 36.4 Å². The molecule has 140 valence electrons. The van der Waals surface area contributed by atoms with Crippen LogP contribution in [0.25, 0.3) is 11.4 Å². The van der Waals surface area contributed by atoms with E-state index < -0.39 is 11.7 Å². The Bertz CT molecular complexity index is 954. The number of hydrogen-bond acceptors (Lipinski definition) is 5. The minimum atomic E-state index is -4.44. The second-order valence-corrected chi connectivity index (χ2v) is 5.69. The molecule has 0 aliphatic carbocycles. The van der Waals surface area contributed by atoms with Gasteiger partial charge in [-0.1, -0.05) is 24.3 Å². The number of aromatic nitrogens is 4. The van der Waals surface area contributed by atoms with Crippen LogP contribution in [0.5, 0.6) is 5.75 Å². The molecule has 9 heteroatoms. The molecule has 0 N–H and O–H groups in total. The zero-order valence-electron chi connectivity index (χ0n) is 14.3. The molecule has 0 fully saturated rings. The van der Waals surface area contributed by atoms with E-state index in [2.05, 4.69) is 15.4 Å². The summed E-state index contributed by atoms with van der Waals surface area (Å²) in [6, 6.07) is 11.6. The minimum absolute atomic E-state index is 0.0882. The van der Waals surface area contributed by atoms with Crippen molar-refractivity contribution < 1.29 is 22.7 Å². The van der Waals surface area contributed by atoms with Gasteiger partial charge >= 0.3 is 6.18 Å². The molecule has 27 heavy (non-hydrogen) atoms. The Morgan fingerprint density at radius 1 is 1.15 bits per heavy atom. The molecule has 2 aromatic carbocycles. The number of nitrogens with zero attached hydrogens (tertiary/aromatic N) is 4. The third-order valence-corrected chi connectivity index (χ3v) is 3.72. The summed E-state index contributed by atoms with van der Waals surface area (Å²) in [5.74, 6) is 0.421. The minimum Gasteiger partial charge on any atom is -0.491 e. The van der Waals surface area contributed by atoms with Gasteiger partial charge in [0.05, 0.1) is 17.7 Å². The lowest BCUT2D eigenvalue weighted by Crippen LogP contribution is -2.12. The Balaban J connectivity index is 1.66. The Labute approximate surface area is 152 Å². The maximum absolute atomic E-state index is 12.8. The van der Waals surface area contributed by atoms with Gasteiger partial charge in [-0.2, -0.15) is 18.0 Å². The van der Waals surface area contributed by atoms with Crippen molar-refractivity contribution in [2.75, 3.05) is 6.61 Å². The van der Waals surface area contributed by atoms with E-state index in [9.17, 15) is 18.0 Å². The first kappa shape index (κ1) is 18.6. The van der Waals surface area contributed by atoms with Gasteiger partial charge in [-0.25, -0.2) is 0 Å². The quantitative estimate of drug-likeness (QED) is 0.615. The predicted molar refractivity (Wildman–Crippen MR) is 90.2 cm³/mol. The second-order valence-electron chi connectivity index (χ2n) is 5.69. The van der Waals surface area contributed by atoms with Crippen LogP contribution in [0.1, 0.15) is 22.8 Å². The largest absolute Gasteiger partial charge is 0.491 e. The van der Waals surface area contributed by atoms with Crippen LogP contribution in [-0.4, -0.2) is 32.6 Å². The number of para-hydroxylation sites is 1. The van der Waals surface area contributed by atoms with E-state index in [1.54, 1.807) is 24.3 Å². The fourth-order valence-electron chi connectivity index (χ4n) is 2.41. The normalized spacial score (nSPS) is 11.4. The fourth-order valence-corrected chi connectivity index (χ4v) is 2.41. The number of carbonyl (C=O) groups is 1. The van der Waals surface area contributed by atoms with Crippen molar-refractivity contribution in [2.45, 2.75) is 19.6 Å². The Morgan fingerprint density at radius 3 is 2.67 bits per heavy atom. The lowest BCUT2D eigenvalue weighted by molar-refractivity contribution is -0.137. The molecule has 0 atom stereocenters. The number of Topliss-reactive ketones (excluding diaryl/α,β-unsaturated/α-hetero) is 1. The first-order valence-corrected chi connectivity index (χ1v) is 8.03. The van der Waals surface area contributed by atoms with Crippen molar-refractivity contribution in [3.8, 4) is 17.1 Å². The van der Waals surface area contributed by atoms with Crippen molar-refractivity contribution in [2.24, 2.45) is 0 Å². The van der Waals surface area contributed by atoms with Crippen molar-refractivity contribution in [1.82, 2.24) is 20.2 Å². The summed E-state index contributed by atoms with van der Waals surface area (Å²) in [6.45, 7) is 1.84. The number of ether oxygens (including phenoxy) is 1. The number of benzene rings is 2. The van der Waals surface area contributed by atoms with Crippen LogP contribution in [0, 0.1) is 0 Å². The molecular formula is C18H15F3N4O2. The molecule has 3 aromatic rings. The number of alkyl halides is 3. The highest BCUT2D eigenvalue weighted by Crippen LogP contribution is 2.31. The van der Waals surface area contributed by atoms with Crippen molar-refractivity contribution in [1.29, 1.82) is 0 Å². The monoisotopic (exact) mass is 376 g/mol. The van der Waals surface area contributed by atoms with Crippen LogP contribution >= 0.6 is 0 Å². The molecular weight excluding hydrogens is 361 g/mol. The first-order chi connectivity index (χ1) is 12.8. The molecule has 0 bridgehead atoms. The number of carbonyl (C=O) groups excluding carboxylic acids is 1. The van der Waals surface area contributed by atoms with Gasteiger partial charge in [0.15, 0.2) is 5.78 Å². The number of hydrogen-bond donors (Lipinski definition) is 0. The maximum atomic E-state index is 12.8. The zero-order valence-corrected chi connectivity index (χ0v) is 14.3. The molecule has 0 saturated heterocycles. The number of tetrazole rings is 1. The van der Waals surface area contributed by atoms with Gasteiger partial charge in [0.2, 0.25) is 5.82 Å². The molecule has 0 unspecified atom stereocenters. The molecule has 0 radical (unpaired) electrons. The molecule has 0 aliphatic rings. The molecule has 1 heterocycles. The van der Waals surface area contributed by atoms with Crippen LogP contribution in [0.3, 0.4) is 0 Å². The van der Waals surface area contributed by atoms with Gasteiger partial charge < -0.3 is 4.74 Å². The highest BCUT2D eigenvalue weighted by molar-refractivity contribution is 5.96.